The summed E-state index contributed by atoms with van der Waals surface area (Å²) in [5.41, 5.74) is 5.97. The van der Waals surface area contributed by atoms with E-state index in [-0.39, 0.29) is 18.3 Å². The van der Waals surface area contributed by atoms with Gasteiger partial charge in [-0.15, -0.1) is 0 Å². The highest BCUT2D eigenvalue weighted by molar-refractivity contribution is 5.78. The van der Waals surface area contributed by atoms with Gasteiger partial charge in [0.2, 0.25) is 0 Å². The summed E-state index contributed by atoms with van der Waals surface area (Å²) < 4.78 is 18.3. The molecule has 4 nitrogen and oxygen atoms in total. The maximum atomic E-state index is 13.0. The molecule has 0 saturated heterocycles. The van der Waals surface area contributed by atoms with Crippen molar-refractivity contribution in [2.45, 2.75) is 25.8 Å². The Morgan fingerprint density at radius 2 is 2.28 bits per heavy atom. The third-order valence-corrected chi connectivity index (χ3v) is 2.98. The van der Waals surface area contributed by atoms with E-state index in [9.17, 15) is 9.18 Å². The number of carbonyl (C=O) groups is 1. The Hall–Kier alpha value is -1.78. The van der Waals surface area contributed by atoms with Gasteiger partial charge in [-0.3, -0.25) is 4.79 Å². The fourth-order valence-corrected chi connectivity index (χ4v) is 1.88. The van der Waals surface area contributed by atoms with Gasteiger partial charge in [0.15, 0.2) is 6.61 Å². The molecule has 0 unspecified atom stereocenters. The van der Waals surface area contributed by atoms with Crippen molar-refractivity contribution in [1.29, 1.82) is 0 Å². The molecule has 98 valence electrons. The molecule has 0 aliphatic heterocycles. The van der Waals surface area contributed by atoms with Crippen LogP contribution in [0.1, 0.15) is 19.8 Å². The number of carbonyl (C=O) groups excluding carboxylic acids is 1. The smallest absolute Gasteiger partial charge is 0.260 e. The van der Waals surface area contributed by atoms with Crippen molar-refractivity contribution < 1.29 is 13.9 Å². The topological polar surface area (TPSA) is 55.6 Å². The summed E-state index contributed by atoms with van der Waals surface area (Å²) in [6.07, 6.45) is 2.11. The minimum atomic E-state index is -0.429. The SMILES string of the molecule is CCN(C(=O)COc1cc(F)ccc1N)C1CC1. The Bertz CT molecular complexity index is 447. The Morgan fingerprint density at radius 3 is 2.89 bits per heavy atom. The van der Waals surface area contributed by atoms with Crippen LogP contribution in [0.15, 0.2) is 18.2 Å². The van der Waals surface area contributed by atoms with E-state index < -0.39 is 5.82 Å². The molecule has 0 aromatic heterocycles. The number of halogens is 1. The van der Waals surface area contributed by atoms with Crippen LogP contribution in [0.3, 0.4) is 0 Å². The fourth-order valence-electron chi connectivity index (χ4n) is 1.88. The normalized spacial score (nSPS) is 14.3. The van der Waals surface area contributed by atoms with Crippen molar-refractivity contribution in [2.75, 3.05) is 18.9 Å². The molecule has 18 heavy (non-hydrogen) atoms. The monoisotopic (exact) mass is 252 g/mol. The maximum Gasteiger partial charge on any atom is 0.260 e. The zero-order valence-corrected chi connectivity index (χ0v) is 10.4. The Morgan fingerprint density at radius 1 is 1.56 bits per heavy atom. The predicted molar refractivity (Wildman–Crippen MR) is 66.7 cm³/mol. The van der Waals surface area contributed by atoms with E-state index in [0.29, 0.717) is 18.3 Å². The summed E-state index contributed by atoms with van der Waals surface area (Å²) in [6, 6.07) is 4.23. The lowest BCUT2D eigenvalue weighted by Crippen LogP contribution is -2.36. The molecule has 0 spiro atoms. The van der Waals surface area contributed by atoms with Gasteiger partial charge in [-0.25, -0.2) is 4.39 Å². The van der Waals surface area contributed by atoms with Crippen LogP contribution in [0.5, 0.6) is 5.75 Å². The molecule has 0 heterocycles. The van der Waals surface area contributed by atoms with E-state index in [2.05, 4.69) is 0 Å². The van der Waals surface area contributed by atoms with E-state index in [1.54, 1.807) is 4.90 Å². The van der Waals surface area contributed by atoms with Crippen LogP contribution in [0.2, 0.25) is 0 Å². The lowest BCUT2D eigenvalue weighted by Gasteiger charge is -2.20. The summed E-state index contributed by atoms with van der Waals surface area (Å²) in [6.45, 7) is 2.51. The number of anilines is 1. The molecule has 1 aliphatic rings. The first kappa shape index (κ1) is 12.7. The highest BCUT2D eigenvalue weighted by Gasteiger charge is 2.31. The van der Waals surface area contributed by atoms with Crippen molar-refractivity contribution in [3.05, 3.63) is 24.0 Å². The van der Waals surface area contributed by atoms with Crippen LogP contribution in [0.4, 0.5) is 10.1 Å². The molecule has 2 N–H and O–H groups in total. The van der Waals surface area contributed by atoms with Crippen molar-refractivity contribution in [3.8, 4) is 5.75 Å². The molecular weight excluding hydrogens is 235 g/mol. The second kappa shape index (κ2) is 5.25. The van der Waals surface area contributed by atoms with Crippen LogP contribution >= 0.6 is 0 Å². The van der Waals surface area contributed by atoms with Gasteiger partial charge in [-0.1, -0.05) is 0 Å². The average Bonchev–Trinajstić information content (AvgIpc) is 3.16. The van der Waals surface area contributed by atoms with Crippen molar-refractivity contribution in [3.63, 3.8) is 0 Å². The van der Waals surface area contributed by atoms with E-state index in [4.69, 9.17) is 10.5 Å². The van der Waals surface area contributed by atoms with Gasteiger partial charge in [0.25, 0.3) is 5.91 Å². The largest absolute Gasteiger partial charge is 0.482 e. The fraction of sp³-hybridized carbons (Fsp3) is 0.462. The first-order valence-electron chi connectivity index (χ1n) is 6.09. The molecular formula is C13H17FN2O2. The molecule has 1 aromatic carbocycles. The van der Waals surface area contributed by atoms with Gasteiger partial charge in [-0.2, -0.15) is 0 Å². The van der Waals surface area contributed by atoms with Gasteiger partial charge in [-0.05, 0) is 31.9 Å². The molecule has 0 atom stereocenters. The molecule has 0 radical (unpaired) electrons. The van der Waals surface area contributed by atoms with Crippen LogP contribution in [0.25, 0.3) is 0 Å². The summed E-state index contributed by atoms with van der Waals surface area (Å²) in [4.78, 5) is 13.7. The first-order valence-corrected chi connectivity index (χ1v) is 6.09. The molecule has 2 rings (SSSR count). The molecule has 5 heteroatoms. The molecule has 1 amide bonds. The number of amides is 1. The summed E-state index contributed by atoms with van der Waals surface area (Å²) in [7, 11) is 0. The second-order valence-corrected chi connectivity index (χ2v) is 4.38. The summed E-state index contributed by atoms with van der Waals surface area (Å²) in [5.74, 6) is -0.292. The predicted octanol–water partition coefficient (Wildman–Crippen LogP) is 1.80. The Kier molecular flexibility index (Phi) is 3.69. The minimum Gasteiger partial charge on any atom is -0.482 e. The first-order chi connectivity index (χ1) is 8.61. The number of nitrogen functional groups attached to an aromatic ring is 1. The summed E-state index contributed by atoms with van der Waals surface area (Å²) >= 11 is 0. The van der Waals surface area contributed by atoms with Crippen LogP contribution in [-0.2, 0) is 4.79 Å². The number of ether oxygens (including phenoxy) is 1. The lowest BCUT2D eigenvalue weighted by molar-refractivity contribution is -0.133. The number of hydrogen-bond acceptors (Lipinski definition) is 3. The van der Waals surface area contributed by atoms with Crippen LogP contribution < -0.4 is 10.5 Å². The third kappa shape index (κ3) is 2.91. The molecule has 0 bridgehead atoms. The van der Waals surface area contributed by atoms with Crippen LogP contribution in [-0.4, -0.2) is 30.0 Å². The van der Waals surface area contributed by atoms with Gasteiger partial charge >= 0.3 is 0 Å². The van der Waals surface area contributed by atoms with Gasteiger partial charge in [0, 0.05) is 18.7 Å². The van der Waals surface area contributed by atoms with Gasteiger partial charge in [0.1, 0.15) is 11.6 Å². The highest BCUT2D eigenvalue weighted by atomic mass is 19.1. The molecule has 1 aromatic rings. The standard InChI is InChI=1S/C13H17FN2O2/c1-2-16(10-4-5-10)13(17)8-18-12-7-9(14)3-6-11(12)15/h3,6-7,10H,2,4-5,8,15H2,1H3. The lowest BCUT2D eigenvalue weighted by atomic mass is 10.3. The van der Waals surface area contributed by atoms with E-state index >= 15 is 0 Å². The zero-order valence-electron chi connectivity index (χ0n) is 10.4. The summed E-state index contributed by atoms with van der Waals surface area (Å²) in [5, 5.41) is 0. The van der Waals surface area contributed by atoms with Gasteiger partial charge < -0.3 is 15.4 Å². The second-order valence-electron chi connectivity index (χ2n) is 4.38. The maximum absolute atomic E-state index is 13.0. The molecule has 1 aliphatic carbocycles. The highest BCUT2D eigenvalue weighted by Crippen LogP contribution is 2.27. The number of nitrogens with zero attached hydrogens (tertiary/aromatic N) is 1. The minimum absolute atomic E-state index is 0.0799. The number of nitrogens with two attached hydrogens (primary N) is 1. The number of rotatable bonds is 5. The third-order valence-electron chi connectivity index (χ3n) is 2.98. The number of hydrogen-bond donors (Lipinski definition) is 1. The Labute approximate surface area is 106 Å². The van der Waals surface area contributed by atoms with Crippen molar-refractivity contribution in [1.82, 2.24) is 4.90 Å². The van der Waals surface area contributed by atoms with Gasteiger partial charge in [0.05, 0.1) is 5.69 Å². The van der Waals surface area contributed by atoms with Crippen molar-refractivity contribution >= 4 is 11.6 Å². The zero-order chi connectivity index (χ0) is 13.1. The number of benzene rings is 1. The van der Waals surface area contributed by atoms with E-state index in [0.717, 1.165) is 12.8 Å². The number of likely N-dealkylation sites (N-methyl/N-ethyl adjacent to an activating group) is 1. The van der Waals surface area contributed by atoms with E-state index in [1.165, 1.54) is 18.2 Å². The molecule has 1 fully saturated rings. The van der Waals surface area contributed by atoms with Crippen molar-refractivity contribution in [2.24, 2.45) is 0 Å². The molecule has 1 saturated carbocycles. The average molecular weight is 252 g/mol. The Balaban J connectivity index is 1.94. The van der Waals surface area contributed by atoms with Crippen LogP contribution in [0, 0.1) is 5.82 Å². The quantitative estimate of drug-likeness (QED) is 0.813. The van der Waals surface area contributed by atoms with E-state index in [1.807, 2.05) is 6.92 Å².